The minimum atomic E-state index is -3.08. The number of hydrogen-bond acceptors (Lipinski definition) is 8. The number of fused-ring (bicyclic) bond motifs is 29. The van der Waals surface area contributed by atoms with Crippen LogP contribution in [-0.4, -0.2) is 19.9 Å². The molecule has 23 aromatic rings. The topological polar surface area (TPSA) is 96.3 Å². The van der Waals surface area contributed by atoms with E-state index in [1.807, 2.05) is 121 Å². The van der Waals surface area contributed by atoms with Crippen LogP contribution in [0.25, 0.3) is 134 Å². The van der Waals surface area contributed by atoms with Gasteiger partial charge in [0.05, 0.1) is 38.7 Å². The van der Waals surface area contributed by atoms with E-state index in [9.17, 15) is 0 Å². The largest absolute Gasteiger partial charge is 0.456 e. The molecule has 9 heteroatoms. The highest BCUT2D eigenvalue weighted by Gasteiger charge is 2.55. The Balaban J connectivity index is 0.000000107. The van der Waals surface area contributed by atoms with Gasteiger partial charge >= 0.3 is 0 Å². The Kier molecular flexibility index (Phi) is 19.8. The van der Waals surface area contributed by atoms with Gasteiger partial charge in [-0.1, -0.05) is 473 Å². The Morgan fingerprint density at radius 2 is 0.430 bits per heavy atom. The van der Waals surface area contributed by atoms with Gasteiger partial charge in [-0.2, -0.15) is 0 Å². The van der Waals surface area contributed by atoms with Gasteiger partial charge in [0.2, 0.25) is 0 Å². The number of para-hydroxylation sites is 8. The average Bonchev–Trinajstić information content (AvgIpc) is 1.51. The molecule has 666 valence electrons. The maximum absolute atomic E-state index is 15.0. The van der Waals surface area contributed by atoms with Gasteiger partial charge in [0.25, 0.3) is 0 Å². The summed E-state index contributed by atoms with van der Waals surface area (Å²) in [5, 5.41) is 4.51. The van der Waals surface area contributed by atoms with E-state index in [0.717, 1.165) is 161 Å². The summed E-state index contributed by atoms with van der Waals surface area (Å²) in [6.07, 6.45) is 0. The Hall–Kier alpha value is -18.1. The number of benzene rings is 21. The van der Waals surface area contributed by atoms with Crippen molar-refractivity contribution >= 4 is 44.9 Å². The van der Waals surface area contributed by atoms with Crippen LogP contribution in [0.1, 0.15) is 66.8 Å². The van der Waals surface area contributed by atoms with Crippen LogP contribution in [0.5, 0.6) is 34.5 Å². The summed E-state index contributed by atoms with van der Waals surface area (Å²) in [5.74, 6) is 6.66. The van der Waals surface area contributed by atoms with E-state index < -0.39 is 23.4 Å². The second-order valence-corrected chi connectivity index (χ2v) is 39.7. The predicted molar refractivity (Wildman–Crippen MR) is 575 cm³/mol. The van der Waals surface area contributed by atoms with E-state index in [4.69, 9.17) is 34.1 Å². The van der Waals surface area contributed by atoms with Gasteiger partial charge < -0.3 is 18.8 Å². The molecule has 0 amide bonds. The molecule has 2 aromatic heterocycles. The van der Waals surface area contributed by atoms with Crippen molar-refractivity contribution in [1.82, 2.24) is 19.9 Å². The van der Waals surface area contributed by atoms with Crippen LogP contribution in [-0.2, 0) is 20.8 Å². The highest BCUT2D eigenvalue weighted by atomic mass is 31.2. The zero-order valence-electron chi connectivity index (χ0n) is 76.9. The summed E-state index contributed by atoms with van der Waals surface area (Å²) in [5.41, 5.74) is 34.6. The monoisotopic (exact) mass is 1830 g/mol. The number of ether oxygens (including phenoxy) is 3. The van der Waals surface area contributed by atoms with Gasteiger partial charge in [0, 0.05) is 99.0 Å². The summed E-state index contributed by atoms with van der Waals surface area (Å²) in [6.45, 7) is 0. The van der Waals surface area contributed by atoms with Gasteiger partial charge in [-0.3, -0.25) is 0 Å². The maximum Gasteiger partial charge on any atom is 0.171 e. The molecule has 0 unspecified atom stereocenters. The summed E-state index contributed by atoms with van der Waals surface area (Å²) in [6, 6.07) is 180. The second kappa shape index (κ2) is 33.7. The molecular formula is C133H85N4O4P. The lowest BCUT2D eigenvalue weighted by Gasteiger charge is -2.40. The third-order valence-corrected chi connectivity index (χ3v) is 32.6. The highest BCUT2D eigenvalue weighted by Crippen LogP contribution is 2.68. The van der Waals surface area contributed by atoms with Gasteiger partial charge in [-0.15, -0.1) is 0 Å². The number of nitrogens with zero attached hydrogens (tertiary/aromatic N) is 4. The molecule has 3 spiro atoms. The fourth-order valence-corrected chi connectivity index (χ4v) is 26.2. The molecule has 5 heterocycles. The van der Waals surface area contributed by atoms with Gasteiger partial charge in [-0.25, -0.2) is 19.9 Å². The summed E-state index contributed by atoms with van der Waals surface area (Å²) in [7, 11) is -3.08. The normalized spacial score (nSPS) is 13.4. The molecule has 3 aliphatic carbocycles. The molecule has 0 bridgehead atoms. The van der Waals surface area contributed by atoms with E-state index in [1.165, 1.54) is 77.9 Å². The van der Waals surface area contributed by atoms with Crippen molar-refractivity contribution in [3.8, 4) is 147 Å². The van der Waals surface area contributed by atoms with Crippen LogP contribution in [0.4, 0.5) is 0 Å². The Morgan fingerprint density at radius 1 is 0.176 bits per heavy atom. The molecular weight excluding hydrogens is 1750 g/mol. The first-order valence-electron chi connectivity index (χ1n) is 48.3. The quantitative estimate of drug-likeness (QED) is 0.125. The molecule has 0 atom stereocenters. The fraction of sp³-hybridized carbons (Fsp3) is 0.0226. The molecule has 0 fully saturated rings. The molecule has 0 radical (unpaired) electrons. The van der Waals surface area contributed by atoms with Crippen LogP contribution in [0.2, 0.25) is 0 Å². The van der Waals surface area contributed by atoms with Crippen molar-refractivity contribution in [3.63, 3.8) is 0 Å². The molecule has 0 N–H and O–H groups in total. The molecule has 21 aromatic carbocycles. The van der Waals surface area contributed by atoms with Crippen LogP contribution < -0.4 is 30.1 Å². The van der Waals surface area contributed by atoms with E-state index in [2.05, 4.69) is 394 Å². The van der Waals surface area contributed by atoms with Gasteiger partial charge in [0.15, 0.2) is 18.8 Å². The first-order valence-corrected chi connectivity index (χ1v) is 50.0. The van der Waals surface area contributed by atoms with Crippen molar-refractivity contribution < 1.29 is 18.8 Å². The zero-order chi connectivity index (χ0) is 94.0. The first kappa shape index (κ1) is 83.3. The lowest BCUT2D eigenvalue weighted by Crippen LogP contribution is -2.32. The molecule has 6 aliphatic rings. The molecule has 142 heavy (non-hydrogen) atoms. The van der Waals surface area contributed by atoms with Crippen LogP contribution in [0, 0.1) is 0 Å². The van der Waals surface area contributed by atoms with E-state index >= 15 is 4.57 Å². The number of hydrogen-bond donors (Lipinski definition) is 0. The SMILES string of the molecule is O=P(c1ccccc1)(c1ccccc1)c1ccc(-c2cccc3c2Oc2ccccc2C32c3ccccc3-c3ccccc32)cc1.c1ccc(-c2nc(-c3cccc(-c4cccc5c4Oc4ccccc4C54c5ccccc5-c5ccccc54)c3)c3ccccc3n2)cc1.c1ccc(-c2nc(-c3cccc(-c4cccc5c4Oc4ccccc4C54c5ccccc5-c5ccccc54)c3)nc3ccccc23)cc1. The number of rotatable bonds is 10. The van der Waals surface area contributed by atoms with Gasteiger partial charge in [0.1, 0.15) is 34.5 Å². The summed E-state index contributed by atoms with van der Waals surface area (Å²) in [4.78, 5) is 20.3. The van der Waals surface area contributed by atoms with Crippen LogP contribution >= 0.6 is 7.14 Å². The molecule has 29 rings (SSSR count). The van der Waals surface area contributed by atoms with Crippen molar-refractivity contribution in [2.75, 3.05) is 0 Å². The fourth-order valence-electron chi connectivity index (χ4n) is 23.6. The van der Waals surface area contributed by atoms with Crippen molar-refractivity contribution in [2.24, 2.45) is 0 Å². The molecule has 8 nitrogen and oxygen atoms in total. The second-order valence-electron chi connectivity index (χ2n) is 36.9. The molecule has 0 saturated carbocycles. The third-order valence-electron chi connectivity index (χ3n) is 29.6. The third kappa shape index (κ3) is 12.8. The van der Waals surface area contributed by atoms with Crippen LogP contribution in [0.15, 0.2) is 516 Å². The van der Waals surface area contributed by atoms with Crippen LogP contribution in [0.3, 0.4) is 0 Å². The smallest absolute Gasteiger partial charge is 0.171 e. The van der Waals surface area contributed by atoms with E-state index in [1.54, 1.807) is 0 Å². The van der Waals surface area contributed by atoms with Crippen molar-refractivity contribution in [3.05, 3.63) is 582 Å². The predicted octanol–water partition coefficient (Wildman–Crippen LogP) is 31.7. The van der Waals surface area contributed by atoms with Crippen molar-refractivity contribution in [1.29, 1.82) is 0 Å². The zero-order valence-corrected chi connectivity index (χ0v) is 77.8. The van der Waals surface area contributed by atoms with E-state index in [-0.39, 0.29) is 0 Å². The summed E-state index contributed by atoms with van der Waals surface area (Å²) >= 11 is 0. The number of aromatic nitrogens is 4. The Morgan fingerprint density at radius 3 is 0.817 bits per heavy atom. The highest BCUT2D eigenvalue weighted by molar-refractivity contribution is 7.85. The molecule has 0 saturated heterocycles. The summed E-state index contributed by atoms with van der Waals surface area (Å²) < 4.78 is 35.8. The van der Waals surface area contributed by atoms with E-state index in [0.29, 0.717) is 11.6 Å². The minimum Gasteiger partial charge on any atom is -0.456 e. The first-order chi connectivity index (χ1) is 70.3. The minimum absolute atomic E-state index is 0.502. The lowest BCUT2D eigenvalue weighted by molar-refractivity contribution is 0.438. The van der Waals surface area contributed by atoms with Crippen molar-refractivity contribution in [2.45, 2.75) is 16.2 Å². The standard InChI is InChI=1S/2C45H28N2O.C43H29O2P/c1-2-14-29(15-3-1)44-46-40-26-10-6-20-35(40)42(47-44)31-17-12-16-30(28-31)32-21-13-25-39-43(32)48-41-27-11-9-24-38(41)45(39)36-22-7-4-18-33(36)34-19-5-8-23-37(34)45;1-2-14-29(15-3-1)42-35-20-6-10-26-40(35)46-44(47-42)31-17-12-16-30(28-31)32-21-13-25-39-43(32)48-41-27-11-9-24-38(41)45(39)36-22-7-4-18-33(36)34-19-5-8-23-37(34)45;44-46(31-14-3-1-4-15-31,32-16-5-2-6-17-32)33-28-26-30(27-29-33)34-20-13-24-40-42(34)45-41-25-12-11-23-39(41)43(40)37-21-9-7-18-35(37)36-19-8-10-22-38(36)43/h2*1-28H;1-29H. The maximum atomic E-state index is 15.0. The Bertz CT molecular complexity index is 8890. The average molecular weight is 1830 g/mol. The lowest BCUT2D eigenvalue weighted by atomic mass is 9.65. The molecule has 3 aliphatic heterocycles. The van der Waals surface area contributed by atoms with Gasteiger partial charge in [-0.05, 0) is 126 Å². The Labute approximate surface area is 823 Å².